The molecule has 0 aliphatic carbocycles. The SMILES string of the molecule is CC(C)C[C@H](NC(=O)OCc1ccccc1)C(=O)N[C@@H](Cc1ccc(OCc2ccccc2)cc1)C(N)=O. The molecule has 4 N–H and O–H groups in total. The lowest BCUT2D eigenvalue weighted by Gasteiger charge is -2.23. The van der Waals surface area contributed by atoms with Crippen LogP contribution in [0.2, 0.25) is 0 Å². The summed E-state index contributed by atoms with van der Waals surface area (Å²) in [6.07, 6.45) is -0.144. The number of alkyl carbamates (subject to hydrolysis) is 1. The summed E-state index contributed by atoms with van der Waals surface area (Å²) in [4.78, 5) is 37.6. The number of carbonyl (C=O) groups excluding carboxylic acids is 3. The molecule has 3 aromatic rings. The van der Waals surface area contributed by atoms with Crippen LogP contribution in [0.3, 0.4) is 0 Å². The van der Waals surface area contributed by atoms with E-state index in [9.17, 15) is 14.4 Å². The summed E-state index contributed by atoms with van der Waals surface area (Å²) in [6, 6.07) is 24.5. The fourth-order valence-corrected chi connectivity index (χ4v) is 3.80. The van der Waals surface area contributed by atoms with Gasteiger partial charge in [0.25, 0.3) is 0 Å². The first kappa shape index (κ1) is 28.2. The molecular formula is C30H35N3O5. The summed E-state index contributed by atoms with van der Waals surface area (Å²) in [6.45, 7) is 4.39. The van der Waals surface area contributed by atoms with Crippen molar-refractivity contribution in [2.24, 2.45) is 11.7 Å². The zero-order valence-corrected chi connectivity index (χ0v) is 21.8. The Morgan fingerprint density at radius 1 is 0.737 bits per heavy atom. The minimum Gasteiger partial charge on any atom is -0.489 e. The number of rotatable bonds is 13. The predicted octanol–water partition coefficient (Wildman–Crippen LogP) is 4.12. The van der Waals surface area contributed by atoms with Gasteiger partial charge >= 0.3 is 6.09 Å². The molecule has 2 atom stereocenters. The molecular weight excluding hydrogens is 482 g/mol. The molecule has 0 radical (unpaired) electrons. The summed E-state index contributed by atoms with van der Waals surface area (Å²) in [5.74, 6) is -0.372. The standard InChI is InChI=1S/C30H35N3O5/c1-21(2)17-27(33-30(36)38-20-24-11-7-4-8-12-24)29(35)32-26(28(31)34)18-22-13-15-25(16-14-22)37-19-23-9-5-3-6-10-23/h3-16,21,26-27H,17-20H2,1-2H3,(H2,31,34)(H,32,35)(H,33,36)/t26-,27-/m0/s1. The second-order valence-electron chi connectivity index (χ2n) is 9.47. The van der Waals surface area contributed by atoms with Crippen LogP contribution < -0.4 is 21.1 Å². The maximum absolute atomic E-state index is 13.1. The van der Waals surface area contributed by atoms with Gasteiger partial charge in [-0.25, -0.2) is 4.79 Å². The highest BCUT2D eigenvalue weighted by Gasteiger charge is 2.27. The van der Waals surface area contributed by atoms with Crippen LogP contribution in [0, 0.1) is 5.92 Å². The summed E-state index contributed by atoms with van der Waals surface area (Å²) in [7, 11) is 0. The van der Waals surface area contributed by atoms with Gasteiger partial charge in [-0.2, -0.15) is 0 Å². The number of hydrogen-bond donors (Lipinski definition) is 3. The van der Waals surface area contributed by atoms with Crippen molar-refractivity contribution in [2.75, 3.05) is 0 Å². The van der Waals surface area contributed by atoms with Crippen LogP contribution in [0.1, 0.15) is 37.0 Å². The van der Waals surface area contributed by atoms with Gasteiger partial charge in [0.2, 0.25) is 11.8 Å². The van der Waals surface area contributed by atoms with Gasteiger partial charge in [-0.15, -0.1) is 0 Å². The Balaban J connectivity index is 1.56. The summed E-state index contributed by atoms with van der Waals surface area (Å²) in [5.41, 5.74) is 8.29. The average molecular weight is 518 g/mol. The largest absolute Gasteiger partial charge is 0.489 e. The number of benzene rings is 3. The number of nitrogens with two attached hydrogens (primary N) is 1. The molecule has 0 aromatic heterocycles. The fourth-order valence-electron chi connectivity index (χ4n) is 3.80. The number of carbonyl (C=O) groups is 3. The van der Waals surface area contributed by atoms with Crippen molar-refractivity contribution in [3.63, 3.8) is 0 Å². The Hall–Kier alpha value is -4.33. The number of ether oxygens (including phenoxy) is 2. The van der Waals surface area contributed by atoms with Crippen molar-refractivity contribution in [3.05, 3.63) is 102 Å². The molecule has 0 heterocycles. The molecule has 0 spiro atoms. The molecule has 0 aliphatic heterocycles. The third kappa shape index (κ3) is 9.61. The second-order valence-corrected chi connectivity index (χ2v) is 9.47. The van der Waals surface area contributed by atoms with Crippen LogP contribution in [0.25, 0.3) is 0 Å². The van der Waals surface area contributed by atoms with Crippen LogP contribution in [-0.2, 0) is 34.0 Å². The molecule has 0 bridgehead atoms. The number of primary amides is 1. The lowest BCUT2D eigenvalue weighted by atomic mass is 10.0. The van der Waals surface area contributed by atoms with Crippen LogP contribution in [-0.4, -0.2) is 30.0 Å². The van der Waals surface area contributed by atoms with Gasteiger partial charge in [-0.1, -0.05) is 86.6 Å². The fraction of sp³-hybridized carbons (Fsp3) is 0.300. The van der Waals surface area contributed by atoms with Gasteiger partial charge in [0, 0.05) is 6.42 Å². The second kappa shape index (κ2) is 14.4. The van der Waals surface area contributed by atoms with Gasteiger partial charge in [-0.05, 0) is 41.2 Å². The molecule has 3 rings (SSSR count). The lowest BCUT2D eigenvalue weighted by Crippen LogP contribution is -2.54. The highest BCUT2D eigenvalue weighted by Crippen LogP contribution is 2.16. The summed E-state index contributed by atoms with van der Waals surface area (Å²) in [5, 5.41) is 5.32. The smallest absolute Gasteiger partial charge is 0.408 e. The Bertz CT molecular complexity index is 1170. The van der Waals surface area contributed by atoms with E-state index in [1.165, 1.54) is 0 Å². The Morgan fingerprint density at radius 3 is 1.87 bits per heavy atom. The molecule has 0 aliphatic rings. The van der Waals surface area contributed by atoms with Gasteiger partial charge < -0.3 is 25.8 Å². The van der Waals surface area contributed by atoms with Gasteiger partial charge in [-0.3, -0.25) is 9.59 Å². The summed E-state index contributed by atoms with van der Waals surface area (Å²) >= 11 is 0. The third-order valence-electron chi connectivity index (χ3n) is 5.80. The number of hydrogen-bond acceptors (Lipinski definition) is 5. The zero-order chi connectivity index (χ0) is 27.3. The number of amides is 3. The molecule has 0 unspecified atom stereocenters. The maximum Gasteiger partial charge on any atom is 0.408 e. The molecule has 8 nitrogen and oxygen atoms in total. The van der Waals surface area contributed by atoms with Crippen molar-refractivity contribution >= 4 is 17.9 Å². The molecule has 0 saturated heterocycles. The first-order valence-corrected chi connectivity index (χ1v) is 12.6. The van der Waals surface area contributed by atoms with E-state index in [-0.39, 0.29) is 18.9 Å². The minimum absolute atomic E-state index is 0.0810. The monoisotopic (exact) mass is 517 g/mol. The average Bonchev–Trinajstić information content (AvgIpc) is 2.91. The van der Waals surface area contributed by atoms with E-state index in [0.29, 0.717) is 18.8 Å². The number of nitrogens with one attached hydrogen (secondary N) is 2. The molecule has 3 aromatic carbocycles. The molecule has 200 valence electrons. The van der Waals surface area contributed by atoms with E-state index in [2.05, 4.69) is 10.6 Å². The molecule has 3 amide bonds. The van der Waals surface area contributed by atoms with Crippen LogP contribution in [0.4, 0.5) is 4.79 Å². The van der Waals surface area contributed by atoms with Crippen LogP contribution in [0.15, 0.2) is 84.9 Å². The van der Waals surface area contributed by atoms with Crippen LogP contribution in [0.5, 0.6) is 5.75 Å². The first-order valence-electron chi connectivity index (χ1n) is 12.6. The van der Waals surface area contributed by atoms with Gasteiger partial charge in [0.15, 0.2) is 0 Å². The van der Waals surface area contributed by atoms with E-state index < -0.39 is 30.0 Å². The highest BCUT2D eigenvalue weighted by atomic mass is 16.5. The first-order chi connectivity index (χ1) is 18.3. The lowest BCUT2D eigenvalue weighted by molar-refractivity contribution is -0.128. The third-order valence-corrected chi connectivity index (χ3v) is 5.80. The highest BCUT2D eigenvalue weighted by molar-refractivity contribution is 5.90. The van der Waals surface area contributed by atoms with Crippen molar-refractivity contribution in [1.29, 1.82) is 0 Å². The van der Waals surface area contributed by atoms with Crippen LogP contribution >= 0.6 is 0 Å². The minimum atomic E-state index is -0.949. The summed E-state index contributed by atoms with van der Waals surface area (Å²) < 4.78 is 11.1. The van der Waals surface area contributed by atoms with E-state index >= 15 is 0 Å². The zero-order valence-electron chi connectivity index (χ0n) is 21.8. The van der Waals surface area contributed by atoms with Crippen molar-refractivity contribution < 1.29 is 23.9 Å². The van der Waals surface area contributed by atoms with E-state index in [1.807, 2.05) is 98.8 Å². The van der Waals surface area contributed by atoms with E-state index in [4.69, 9.17) is 15.2 Å². The van der Waals surface area contributed by atoms with Crippen molar-refractivity contribution in [2.45, 2.75) is 52.0 Å². The van der Waals surface area contributed by atoms with Gasteiger partial charge in [0.1, 0.15) is 31.0 Å². The van der Waals surface area contributed by atoms with Crippen molar-refractivity contribution in [1.82, 2.24) is 10.6 Å². The quantitative estimate of drug-likeness (QED) is 0.315. The molecule has 0 saturated carbocycles. The molecule has 38 heavy (non-hydrogen) atoms. The van der Waals surface area contributed by atoms with Gasteiger partial charge in [0.05, 0.1) is 0 Å². The molecule has 8 heteroatoms. The topological polar surface area (TPSA) is 120 Å². The van der Waals surface area contributed by atoms with E-state index in [1.54, 1.807) is 0 Å². The van der Waals surface area contributed by atoms with Crippen molar-refractivity contribution in [3.8, 4) is 5.75 Å². The van der Waals surface area contributed by atoms with E-state index in [0.717, 1.165) is 16.7 Å². The Kier molecular flexibility index (Phi) is 10.7. The Morgan fingerprint density at radius 2 is 1.32 bits per heavy atom. The maximum atomic E-state index is 13.1. The normalized spacial score (nSPS) is 12.3. The molecule has 0 fully saturated rings. The predicted molar refractivity (Wildman–Crippen MR) is 145 cm³/mol. The Labute approximate surface area is 223 Å².